The van der Waals surface area contributed by atoms with Gasteiger partial charge in [-0.25, -0.2) is 0 Å². The van der Waals surface area contributed by atoms with Gasteiger partial charge in [0.15, 0.2) is 6.10 Å². The Kier molecular flexibility index (Phi) is 5.81. The van der Waals surface area contributed by atoms with Gasteiger partial charge in [0.25, 0.3) is 0 Å². The average Bonchev–Trinajstić information content (AvgIpc) is 3.38. The number of nitrogens with zero attached hydrogens (tertiary/aromatic N) is 1. The number of allylic oxidation sites excluding steroid dienone is 1. The lowest BCUT2D eigenvalue weighted by Gasteiger charge is -2.58. The first-order chi connectivity index (χ1) is 15.6. The SMILES string of the molecule is C=C([C@H]1CC[C@H]2[C@@H]3CC=C4CC(OC(C)=O)CC[C@]4(C)[C@H]3CC[C@]12C)[C@H]1CC(C(C)C)=NO1. The highest BCUT2D eigenvalue weighted by Crippen LogP contribution is 2.67. The lowest BCUT2D eigenvalue weighted by Crippen LogP contribution is -2.51. The summed E-state index contributed by atoms with van der Waals surface area (Å²) in [5, 5.41) is 4.40. The molecule has 3 fully saturated rings. The highest BCUT2D eigenvalue weighted by molar-refractivity contribution is 5.87. The second-order valence-electron chi connectivity index (χ2n) is 12.5. The van der Waals surface area contributed by atoms with Crippen LogP contribution in [0.25, 0.3) is 0 Å². The van der Waals surface area contributed by atoms with E-state index in [1.54, 1.807) is 5.57 Å². The van der Waals surface area contributed by atoms with E-state index in [0.29, 0.717) is 17.3 Å². The Hall–Kier alpha value is -1.58. The van der Waals surface area contributed by atoms with E-state index >= 15 is 0 Å². The van der Waals surface area contributed by atoms with E-state index in [4.69, 9.17) is 9.57 Å². The van der Waals surface area contributed by atoms with Crippen LogP contribution < -0.4 is 0 Å². The molecule has 1 aliphatic heterocycles. The number of ether oxygens (including phenoxy) is 1. The van der Waals surface area contributed by atoms with Crippen molar-refractivity contribution in [2.75, 3.05) is 0 Å². The first kappa shape index (κ1) is 23.2. The van der Waals surface area contributed by atoms with Gasteiger partial charge in [0.1, 0.15) is 6.10 Å². The van der Waals surface area contributed by atoms with Crippen LogP contribution in [0.5, 0.6) is 0 Å². The number of oxime groups is 1. The van der Waals surface area contributed by atoms with E-state index in [-0.39, 0.29) is 23.6 Å². The predicted molar refractivity (Wildman–Crippen MR) is 132 cm³/mol. The van der Waals surface area contributed by atoms with Crippen molar-refractivity contribution < 1.29 is 14.4 Å². The molecule has 0 saturated heterocycles. The quantitative estimate of drug-likeness (QED) is 0.345. The number of rotatable bonds is 4. The summed E-state index contributed by atoms with van der Waals surface area (Å²) in [5.74, 6) is 3.16. The van der Waals surface area contributed by atoms with Crippen LogP contribution in [-0.2, 0) is 14.4 Å². The van der Waals surface area contributed by atoms with E-state index in [2.05, 4.69) is 45.5 Å². The van der Waals surface area contributed by atoms with E-state index < -0.39 is 0 Å². The third-order valence-electron chi connectivity index (χ3n) is 10.6. The molecule has 4 nitrogen and oxygen atoms in total. The zero-order chi connectivity index (χ0) is 23.5. The molecule has 8 atom stereocenters. The van der Waals surface area contributed by atoms with Crippen LogP contribution in [-0.4, -0.2) is 23.9 Å². The third-order valence-corrected chi connectivity index (χ3v) is 10.6. The van der Waals surface area contributed by atoms with Crippen LogP contribution in [0.2, 0.25) is 0 Å². The molecule has 0 N–H and O–H groups in total. The van der Waals surface area contributed by atoms with Crippen molar-refractivity contribution in [3.8, 4) is 0 Å². The minimum atomic E-state index is -0.138. The molecule has 0 aromatic rings. The summed E-state index contributed by atoms with van der Waals surface area (Å²) in [7, 11) is 0. The standard InChI is InChI=1S/C29H43NO3/c1-17(2)26-16-27(33-30-26)18(3)23-9-10-24-22-8-7-20-15-21(32-19(4)31)11-13-28(20,5)25(22)12-14-29(23,24)6/h7,17,21-25,27H,3,8-16H2,1-2,4-6H3/t21?,22-,23+,24-,25-,27+,28-,29+/m0/s1. The lowest BCUT2D eigenvalue weighted by molar-refractivity contribution is -0.148. The minimum absolute atomic E-state index is 0.0765. The molecule has 33 heavy (non-hydrogen) atoms. The Morgan fingerprint density at radius 2 is 1.94 bits per heavy atom. The predicted octanol–water partition coefficient (Wildman–Crippen LogP) is 6.85. The van der Waals surface area contributed by atoms with Crippen LogP contribution in [0.15, 0.2) is 29.0 Å². The number of fused-ring (bicyclic) bond motifs is 5. The van der Waals surface area contributed by atoms with Crippen LogP contribution in [0.4, 0.5) is 0 Å². The molecule has 0 spiro atoms. The van der Waals surface area contributed by atoms with E-state index in [0.717, 1.165) is 43.4 Å². The van der Waals surface area contributed by atoms with Gasteiger partial charge in [0, 0.05) is 19.8 Å². The second kappa shape index (κ2) is 8.27. The maximum absolute atomic E-state index is 11.5. The van der Waals surface area contributed by atoms with Crippen LogP contribution in [0.3, 0.4) is 0 Å². The van der Waals surface area contributed by atoms with Gasteiger partial charge in [-0.05, 0) is 90.9 Å². The molecule has 0 radical (unpaired) electrons. The fourth-order valence-corrected chi connectivity index (χ4v) is 8.73. The van der Waals surface area contributed by atoms with Gasteiger partial charge in [0.2, 0.25) is 0 Å². The Bertz CT molecular complexity index is 887. The smallest absolute Gasteiger partial charge is 0.302 e. The fraction of sp³-hybridized carbons (Fsp3) is 0.793. The van der Waals surface area contributed by atoms with Crippen molar-refractivity contribution >= 4 is 11.7 Å². The molecular formula is C29H43NO3. The number of hydrogen-bond donors (Lipinski definition) is 0. The maximum Gasteiger partial charge on any atom is 0.302 e. The van der Waals surface area contributed by atoms with Crippen molar-refractivity contribution in [1.82, 2.24) is 0 Å². The minimum Gasteiger partial charge on any atom is -0.462 e. The summed E-state index contributed by atoms with van der Waals surface area (Å²) in [6.45, 7) is 15.6. The number of carbonyl (C=O) groups excluding carboxylic acids is 1. The number of carbonyl (C=O) groups is 1. The molecule has 0 bridgehead atoms. The van der Waals surface area contributed by atoms with Crippen molar-refractivity contribution in [1.29, 1.82) is 0 Å². The second-order valence-corrected chi connectivity index (χ2v) is 12.5. The van der Waals surface area contributed by atoms with E-state index in [1.165, 1.54) is 50.3 Å². The Morgan fingerprint density at radius 3 is 2.64 bits per heavy atom. The Morgan fingerprint density at radius 1 is 1.15 bits per heavy atom. The van der Waals surface area contributed by atoms with Crippen molar-refractivity contribution in [3.05, 3.63) is 23.8 Å². The van der Waals surface area contributed by atoms with Crippen molar-refractivity contribution in [2.45, 2.75) is 105 Å². The van der Waals surface area contributed by atoms with Gasteiger partial charge in [-0.2, -0.15) is 0 Å². The van der Waals surface area contributed by atoms with Crippen molar-refractivity contribution in [2.24, 2.45) is 45.6 Å². The molecule has 3 saturated carbocycles. The van der Waals surface area contributed by atoms with Crippen LogP contribution in [0.1, 0.15) is 92.4 Å². The molecule has 1 unspecified atom stereocenters. The number of hydrogen-bond acceptors (Lipinski definition) is 4. The highest BCUT2D eigenvalue weighted by atomic mass is 16.6. The molecule has 0 aromatic heterocycles. The van der Waals surface area contributed by atoms with E-state index in [1.807, 2.05) is 0 Å². The summed E-state index contributed by atoms with van der Waals surface area (Å²) in [5.41, 5.74) is 4.68. The van der Waals surface area contributed by atoms with Gasteiger partial charge < -0.3 is 9.57 Å². The molecule has 4 heteroatoms. The van der Waals surface area contributed by atoms with Gasteiger partial charge >= 0.3 is 5.97 Å². The largest absolute Gasteiger partial charge is 0.462 e. The van der Waals surface area contributed by atoms with E-state index in [9.17, 15) is 4.79 Å². The van der Waals surface area contributed by atoms with Crippen LogP contribution in [0, 0.1) is 40.4 Å². The fourth-order valence-electron chi connectivity index (χ4n) is 8.73. The molecule has 5 aliphatic rings. The maximum atomic E-state index is 11.5. The van der Waals surface area contributed by atoms with Crippen LogP contribution >= 0.6 is 0 Å². The summed E-state index contributed by atoms with van der Waals surface area (Å²) in [4.78, 5) is 17.4. The lowest BCUT2D eigenvalue weighted by atomic mass is 9.47. The number of esters is 1. The normalized spacial score (nSPS) is 44.2. The van der Waals surface area contributed by atoms with Crippen molar-refractivity contribution in [3.63, 3.8) is 0 Å². The molecule has 0 amide bonds. The van der Waals surface area contributed by atoms with Gasteiger partial charge in [-0.1, -0.05) is 51.1 Å². The summed E-state index contributed by atoms with van der Waals surface area (Å²) in [6, 6.07) is 0. The summed E-state index contributed by atoms with van der Waals surface area (Å²) >= 11 is 0. The third kappa shape index (κ3) is 3.71. The molecule has 0 aromatic carbocycles. The topological polar surface area (TPSA) is 47.9 Å². The van der Waals surface area contributed by atoms with Gasteiger partial charge in [-0.15, -0.1) is 0 Å². The van der Waals surface area contributed by atoms with Gasteiger partial charge in [0.05, 0.1) is 5.71 Å². The zero-order valence-corrected chi connectivity index (χ0v) is 21.4. The molecule has 182 valence electrons. The molecule has 5 rings (SSSR count). The molecule has 1 heterocycles. The Balaban J connectivity index is 1.32. The monoisotopic (exact) mass is 453 g/mol. The van der Waals surface area contributed by atoms with Gasteiger partial charge in [-0.3, -0.25) is 4.79 Å². The summed E-state index contributed by atoms with van der Waals surface area (Å²) < 4.78 is 5.61. The summed E-state index contributed by atoms with van der Waals surface area (Å²) in [6.07, 6.45) is 13.1. The average molecular weight is 454 g/mol. The first-order valence-corrected chi connectivity index (χ1v) is 13.4. The Labute approximate surface area is 200 Å². The molecule has 4 aliphatic carbocycles. The molecular weight excluding hydrogens is 410 g/mol. The first-order valence-electron chi connectivity index (χ1n) is 13.4. The highest BCUT2D eigenvalue weighted by Gasteiger charge is 2.59. The zero-order valence-electron chi connectivity index (χ0n) is 21.4.